The van der Waals surface area contributed by atoms with Gasteiger partial charge in [-0.1, -0.05) is 29.8 Å². The second-order valence-corrected chi connectivity index (χ2v) is 5.63. The lowest BCUT2D eigenvalue weighted by atomic mass is 10.0. The van der Waals surface area contributed by atoms with E-state index in [0.29, 0.717) is 0 Å². The van der Waals surface area contributed by atoms with Crippen molar-refractivity contribution in [1.29, 1.82) is 0 Å². The van der Waals surface area contributed by atoms with E-state index < -0.39 is 17.9 Å². The molecule has 0 aliphatic heterocycles. The van der Waals surface area contributed by atoms with Crippen molar-refractivity contribution in [3.8, 4) is 0 Å². The molecule has 24 heavy (non-hydrogen) atoms. The van der Waals surface area contributed by atoms with Crippen molar-refractivity contribution in [2.45, 2.75) is 12.5 Å². The number of hydrogen-bond acceptors (Lipinski definition) is 3. The highest BCUT2D eigenvalue weighted by atomic mass is 35.5. The number of hydrogen-bond donors (Lipinski definition) is 3. The molecular weight excluding hydrogens is 330 g/mol. The summed E-state index contributed by atoms with van der Waals surface area (Å²) in [6.07, 6.45) is 3.37. The second-order valence-electron chi connectivity index (χ2n) is 5.27. The molecule has 0 spiro atoms. The molecule has 7 heteroatoms. The number of amides is 1. The van der Waals surface area contributed by atoms with Crippen LogP contribution in [0.3, 0.4) is 0 Å². The minimum Gasteiger partial charge on any atom is -0.480 e. The highest BCUT2D eigenvalue weighted by Crippen LogP contribution is 2.19. The van der Waals surface area contributed by atoms with Gasteiger partial charge in [0.25, 0.3) is 5.91 Å². The van der Waals surface area contributed by atoms with Crippen LogP contribution in [0.15, 0.2) is 48.8 Å². The smallest absolute Gasteiger partial charge is 0.326 e. The van der Waals surface area contributed by atoms with Crippen molar-refractivity contribution in [2.75, 3.05) is 0 Å². The summed E-state index contributed by atoms with van der Waals surface area (Å²) in [6.45, 7) is 0. The molecule has 6 nitrogen and oxygen atoms in total. The van der Waals surface area contributed by atoms with E-state index in [1.165, 1.54) is 12.3 Å². The summed E-state index contributed by atoms with van der Waals surface area (Å²) in [5.41, 5.74) is 1.87. The fourth-order valence-electron chi connectivity index (χ4n) is 2.51. The lowest BCUT2D eigenvalue weighted by Gasteiger charge is -2.14. The van der Waals surface area contributed by atoms with E-state index in [4.69, 9.17) is 11.6 Å². The lowest BCUT2D eigenvalue weighted by molar-refractivity contribution is -0.139. The first-order valence-corrected chi connectivity index (χ1v) is 7.63. The normalized spacial score (nSPS) is 12.0. The Hall–Kier alpha value is -2.86. The van der Waals surface area contributed by atoms with E-state index in [1.54, 1.807) is 12.3 Å². The summed E-state index contributed by atoms with van der Waals surface area (Å²) >= 11 is 5.88. The average Bonchev–Trinajstić information content (AvgIpc) is 2.97. The predicted molar refractivity (Wildman–Crippen MR) is 90.1 cm³/mol. The molecule has 0 saturated carbocycles. The Morgan fingerprint density at radius 3 is 2.79 bits per heavy atom. The summed E-state index contributed by atoms with van der Waals surface area (Å²) in [6, 6.07) is 9.56. The fourth-order valence-corrected chi connectivity index (χ4v) is 2.72. The summed E-state index contributed by atoms with van der Waals surface area (Å²) in [7, 11) is 0. The van der Waals surface area contributed by atoms with Gasteiger partial charge in [-0.2, -0.15) is 0 Å². The zero-order valence-corrected chi connectivity index (χ0v) is 13.2. The van der Waals surface area contributed by atoms with Gasteiger partial charge in [0.1, 0.15) is 11.2 Å². The third kappa shape index (κ3) is 3.23. The van der Waals surface area contributed by atoms with Crippen molar-refractivity contribution in [3.05, 3.63) is 65.1 Å². The molecule has 1 aromatic carbocycles. The van der Waals surface area contributed by atoms with E-state index in [0.717, 1.165) is 16.5 Å². The van der Waals surface area contributed by atoms with E-state index in [9.17, 15) is 14.7 Å². The molecule has 0 fully saturated rings. The first kappa shape index (κ1) is 16.0. The zero-order chi connectivity index (χ0) is 17.1. The van der Waals surface area contributed by atoms with Crippen molar-refractivity contribution < 1.29 is 14.7 Å². The molecule has 2 aromatic heterocycles. The van der Waals surface area contributed by atoms with Gasteiger partial charge in [-0.05, 0) is 23.8 Å². The van der Waals surface area contributed by atoms with Crippen LogP contribution in [0.4, 0.5) is 0 Å². The number of benzene rings is 1. The van der Waals surface area contributed by atoms with Crippen LogP contribution in [0.25, 0.3) is 10.9 Å². The number of halogens is 1. The van der Waals surface area contributed by atoms with Gasteiger partial charge in [0.05, 0.1) is 5.56 Å². The monoisotopic (exact) mass is 343 g/mol. The SMILES string of the molecule is O=C(N[C@@H](Cc1c[nH]c2ccccc12)C(=O)O)c1cccnc1Cl. The maximum absolute atomic E-state index is 12.3. The van der Waals surface area contributed by atoms with Gasteiger partial charge in [-0.15, -0.1) is 0 Å². The standard InChI is InChI=1S/C17H14ClN3O3/c18-15-12(5-3-7-19-15)16(22)21-14(17(23)24)8-10-9-20-13-6-2-1-4-11(10)13/h1-7,9,14,20H,8H2,(H,21,22)(H,23,24)/t14-/m0/s1. The second kappa shape index (κ2) is 6.72. The quantitative estimate of drug-likeness (QED) is 0.621. The number of nitrogens with one attached hydrogen (secondary N) is 2. The van der Waals surface area contributed by atoms with Gasteiger partial charge in [0.15, 0.2) is 0 Å². The van der Waals surface area contributed by atoms with Gasteiger partial charge in [-0.25, -0.2) is 9.78 Å². The Labute approximate surface area is 142 Å². The summed E-state index contributed by atoms with van der Waals surface area (Å²) in [4.78, 5) is 30.7. The molecule has 122 valence electrons. The molecule has 0 unspecified atom stereocenters. The predicted octanol–water partition coefficient (Wildman–Crippen LogP) is 2.64. The molecular formula is C17H14ClN3O3. The van der Waals surface area contributed by atoms with E-state index in [1.807, 2.05) is 24.3 Å². The van der Waals surface area contributed by atoms with Crippen LogP contribution in [-0.2, 0) is 11.2 Å². The summed E-state index contributed by atoms with van der Waals surface area (Å²) in [5, 5.41) is 12.9. The maximum atomic E-state index is 12.3. The minimum absolute atomic E-state index is 0.0335. The molecule has 1 atom stereocenters. The number of carbonyl (C=O) groups excluding carboxylic acids is 1. The Morgan fingerprint density at radius 2 is 2.04 bits per heavy atom. The van der Waals surface area contributed by atoms with E-state index in [-0.39, 0.29) is 17.1 Å². The summed E-state index contributed by atoms with van der Waals surface area (Å²) < 4.78 is 0. The van der Waals surface area contributed by atoms with Crippen LogP contribution >= 0.6 is 11.6 Å². The number of aliphatic carboxylic acids is 1. The number of fused-ring (bicyclic) bond motifs is 1. The van der Waals surface area contributed by atoms with Gasteiger partial charge >= 0.3 is 5.97 Å². The Bertz CT molecular complexity index is 907. The van der Waals surface area contributed by atoms with Gasteiger partial charge < -0.3 is 15.4 Å². The maximum Gasteiger partial charge on any atom is 0.326 e. The molecule has 2 heterocycles. The lowest BCUT2D eigenvalue weighted by Crippen LogP contribution is -2.42. The number of carboxylic acid groups (broad SMARTS) is 1. The van der Waals surface area contributed by atoms with Crippen molar-refractivity contribution >= 4 is 34.4 Å². The molecule has 3 aromatic rings. The molecule has 3 N–H and O–H groups in total. The van der Waals surface area contributed by atoms with Gasteiger partial charge in [0.2, 0.25) is 0 Å². The third-order valence-electron chi connectivity index (χ3n) is 3.71. The van der Waals surface area contributed by atoms with Crippen molar-refractivity contribution in [3.63, 3.8) is 0 Å². The van der Waals surface area contributed by atoms with Crippen LogP contribution in [0.1, 0.15) is 15.9 Å². The van der Waals surface area contributed by atoms with E-state index in [2.05, 4.69) is 15.3 Å². The van der Waals surface area contributed by atoms with Crippen molar-refractivity contribution in [1.82, 2.24) is 15.3 Å². The Morgan fingerprint density at radius 1 is 1.25 bits per heavy atom. The van der Waals surface area contributed by atoms with Crippen LogP contribution in [0.2, 0.25) is 5.15 Å². The fraction of sp³-hybridized carbons (Fsp3) is 0.118. The molecule has 0 bridgehead atoms. The number of carboxylic acids is 1. The summed E-state index contributed by atoms with van der Waals surface area (Å²) in [5.74, 6) is -1.69. The third-order valence-corrected chi connectivity index (χ3v) is 4.01. The van der Waals surface area contributed by atoms with Crippen LogP contribution < -0.4 is 5.32 Å². The van der Waals surface area contributed by atoms with Crippen molar-refractivity contribution in [2.24, 2.45) is 0 Å². The molecule has 0 saturated heterocycles. The number of H-pyrrole nitrogens is 1. The van der Waals surface area contributed by atoms with Crippen LogP contribution in [0, 0.1) is 0 Å². The number of rotatable bonds is 5. The number of aromatic amines is 1. The molecule has 0 radical (unpaired) electrons. The van der Waals surface area contributed by atoms with Crippen LogP contribution in [-0.4, -0.2) is 33.0 Å². The molecule has 0 aliphatic rings. The number of para-hydroxylation sites is 1. The topological polar surface area (TPSA) is 95.1 Å². The number of aromatic nitrogens is 2. The average molecular weight is 344 g/mol. The minimum atomic E-state index is -1.12. The number of carbonyl (C=O) groups is 2. The first-order chi connectivity index (χ1) is 11.6. The molecule has 3 rings (SSSR count). The number of pyridine rings is 1. The van der Waals surface area contributed by atoms with E-state index >= 15 is 0 Å². The van der Waals surface area contributed by atoms with Crippen LogP contribution in [0.5, 0.6) is 0 Å². The highest BCUT2D eigenvalue weighted by molar-refractivity contribution is 6.32. The highest BCUT2D eigenvalue weighted by Gasteiger charge is 2.23. The zero-order valence-electron chi connectivity index (χ0n) is 12.5. The Kier molecular flexibility index (Phi) is 4.48. The Balaban J connectivity index is 1.82. The largest absolute Gasteiger partial charge is 0.480 e. The molecule has 1 amide bonds. The molecule has 0 aliphatic carbocycles. The first-order valence-electron chi connectivity index (χ1n) is 7.25. The van der Waals surface area contributed by atoms with Gasteiger partial charge in [-0.3, -0.25) is 4.79 Å². The number of nitrogens with zero attached hydrogens (tertiary/aromatic N) is 1. The van der Waals surface area contributed by atoms with Gasteiger partial charge in [0, 0.05) is 29.7 Å².